The topological polar surface area (TPSA) is 94.3 Å². The molecule has 1 aliphatic carbocycles. The highest BCUT2D eigenvalue weighted by Crippen LogP contribution is 2.40. The average Bonchev–Trinajstić information content (AvgIpc) is 3.19. The van der Waals surface area contributed by atoms with Crippen LogP contribution in [0.5, 0.6) is 17.2 Å². The Bertz CT molecular complexity index is 702. The lowest BCUT2D eigenvalue weighted by Gasteiger charge is -2.35. The molecule has 0 aromatic heterocycles. The van der Waals surface area contributed by atoms with E-state index in [-0.39, 0.29) is 18.8 Å². The number of aliphatic hydroxyl groups excluding tert-OH is 1. The summed E-state index contributed by atoms with van der Waals surface area (Å²) in [7, 11) is 0. The molecule has 2 heterocycles. The summed E-state index contributed by atoms with van der Waals surface area (Å²) in [4.78, 5) is 14.3. The molecule has 1 saturated heterocycles. The van der Waals surface area contributed by atoms with E-state index < -0.39 is 11.6 Å². The van der Waals surface area contributed by atoms with Crippen molar-refractivity contribution in [1.29, 1.82) is 0 Å². The molecule has 1 saturated carbocycles. The molecule has 142 valence electrons. The van der Waals surface area contributed by atoms with Gasteiger partial charge in [0.25, 0.3) is 0 Å². The Balaban J connectivity index is 1.42. The van der Waals surface area contributed by atoms with Gasteiger partial charge in [0, 0.05) is 19.2 Å². The molecule has 2 aliphatic heterocycles. The number of carbonyl (C=O) groups is 1. The van der Waals surface area contributed by atoms with Gasteiger partial charge in [0.2, 0.25) is 12.7 Å². The number of carbonyl (C=O) groups excluding carboxylic acids is 1. The van der Waals surface area contributed by atoms with E-state index in [2.05, 4.69) is 0 Å². The first kappa shape index (κ1) is 17.4. The predicted molar refractivity (Wildman–Crippen MR) is 94.0 cm³/mol. The van der Waals surface area contributed by atoms with E-state index in [1.165, 1.54) is 0 Å². The lowest BCUT2D eigenvalue weighted by atomic mass is 9.78. The van der Waals surface area contributed by atoms with Gasteiger partial charge >= 0.3 is 0 Å². The Morgan fingerprint density at radius 1 is 1.23 bits per heavy atom. The van der Waals surface area contributed by atoms with E-state index in [0.29, 0.717) is 48.6 Å². The van der Waals surface area contributed by atoms with Gasteiger partial charge in [0.05, 0.1) is 11.6 Å². The summed E-state index contributed by atoms with van der Waals surface area (Å²) in [6.45, 7) is 5.03. The average molecular weight is 362 g/mol. The van der Waals surface area contributed by atoms with E-state index in [1.54, 1.807) is 19.9 Å². The van der Waals surface area contributed by atoms with Crippen LogP contribution in [0.15, 0.2) is 18.2 Å². The maximum Gasteiger partial charge on any atom is 0.242 e. The van der Waals surface area contributed by atoms with Crippen molar-refractivity contribution in [2.75, 3.05) is 19.9 Å². The molecule has 3 aliphatic rings. The van der Waals surface area contributed by atoms with Gasteiger partial charge in [-0.2, -0.15) is 0 Å². The van der Waals surface area contributed by atoms with Crippen molar-refractivity contribution < 1.29 is 24.1 Å². The third-order valence-corrected chi connectivity index (χ3v) is 5.55. The molecule has 0 radical (unpaired) electrons. The second-order valence-electron chi connectivity index (χ2n) is 8.16. The van der Waals surface area contributed by atoms with Crippen molar-refractivity contribution in [1.82, 2.24) is 4.90 Å². The predicted octanol–water partition coefficient (Wildman–Crippen LogP) is 1.13. The molecule has 2 fully saturated rings. The minimum atomic E-state index is -0.867. The van der Waals surface area contributed by atoms with Crippen LogP contribution in [0, 0.1) is 11.8 Å². The van der Waals surface area contributed by atoms with Crippen molar-refractivity contribution in [3.63, 3.8) is 0 Å². The number of nitrogens with zero attached hydrogens (tertiary/aromatic N) is 1. The Kier molecular flexibility index (Phi) is 4.23. The standard InChI is InChI=1S/C19H26N2O5/c1-19(2,20)18(23)21-8-11-5-14(22)16(6-12(11)9-21)26-13-3-4-15-17(7-13)25-10-24-15/h3-4,7,11-12,14,16,22H,5-6,8-10,20H2,1-2H3/t11-,12+,14+,16+/m0/s1. The van der Waals surface area contributed by atoms with E-state index in [9.17, 15) is 9.90 Å². The summed E-state index contributed by atoms with van der Waals surface area (Å²) in [5, 5.41) is 10.5. The van der Waals surface area contributed by atoms with Gasteiger partial charge in [-0.1, -0.05) is 0 Å². The maximum atomic E-state index is 12.5. The first-order valence-corrected chi connectivity index (χ1v) is 9.14. The largest absolute Gasteiger partial charge is 0.488 e. The van der Waals surface area contributed by atoms with Gasteiger partial charge in [-0.3, -0.25) is 4.79 Å². The fourth-order valence-corrected chi connectivity index (χ4v) is 4.22. The van der Waals surface area contributed by atoms with Gasteiger partial charge in [0.15, 0.2) is 11.5 Å². The molecule has 1 aromatic carbocycles. The second-order valence-corrected chi connectivity index (χ2v) is 8.16. The highest BCUT2D eigenvalue weighted by Gasteiger charge is 2.45. The van der Waals surface area contributed by atoms with Crippen LogP contribution in [0.3, 0.4) is 0 Å². The summed E-state index contributed by atoms with van der Waals surface area (Å²) in [5.41, 5.74) is 5.10. The minimum Gasteiger partial charge on any atom is -0.488 e. The zero-order chi connectivity index (χ0) is 18.5. The molecular formula is C19H26N2O5. The maximum absolute atomic E-state index is 12.5. The van der Waals surface area contributed by atoms with Crippen molar-refractivity contribution in [2.45, 2.75) is 44.4 Å². The highest BCUT2D eigenvalue weighted by atomic mass is 16.7. The zero-order valence-corrected chi connectivity index (χ0v) is 15.2. The normalized spacial score (nSPS) is 30.2. The number of hydrogen-bond acceptors (Lipinski definition) is 6. The van der Waals surface area contributed by atoms with E-state index in [1.807, 2.05) is 17.0 Å². The lowest BCUT2D eigenvalue weighted by molar-refractivity contribution is -0.134. The highest BCUT2D eigenvalue weighted by molar-refractivity contribution is 5.85. The van der Waals surface area contributed by atoms with Gasteiger partial charge in [-0.05, 0) is 50.7 Å². The Hall–Kier alpha value is -1.99. The smallest absolute Gasteiger partial charge is 0.242 e. The second kappa shape index (κ2) is 6.32. The van der Waals surface area contributed by atoms with Crippen LogP contribution >= 0.6 is 0 Å². The summed E-state index contributed by atoms with van der Waals surface area (Å²) in [5.74, 6) is 2.61. The fraction of sp³-hybridized carbons (Fsp3) is 0.632. The van der Waals surface area contributed by atoms with E-state index in [4.69, 9.17) is 19.9 Å². The lowest BCUT2D eigenvalue weighted by Crippen LogP contribution is -2.50. The molecule has 7 heteroatoms. The molecule has 7 nitrogen and oxygen atoms in total. The monoisotopic (exact) mass is 362 g/mol. The minimum absolute atomic E-state index is 0.0328. The molecule has 0 bridgehead atoms. The van der Waals surface area contributed by atoms with Gasteiger partial charge < -0.3 is 30.0 Å². The molecule has 4 rings (SSSR count). The molecule has 4 atom stereocenters. The van der Waals surface area contributed by atoms with Crippen molar-refractivity contribution in [3.8, 4) is 17.2 Å². The van der Waals surface area contributed by atoms with Gasteiger partial charge in [-0.25, -0.2) is 0 Å². The van der Waals surface area contributed by atoms with Crippen LogP contribution in [0.25, 0.3) is 0 Å². The third kappa shape index (κ3) is 3.21. The third-order valence-electron chi connectivity index (χ3n) is 5.55. The number of nitrogens with two attached hydrogens (primary N) is 1. The SMILES string of the molecule is CC(C)(N)C(=O)N1C[C@H]2C[C@@H](Oc3ccc4c(c3)OCO4)[C@H](O)C[C@H]2C1. The van der Waals surface area contributed by atoms with Crippen LogP contribution in [0.2, 0.25) is 0 Å². The van der Waals surface area contributed by atoms with Crippen LogP contribution in [0.4, 0.5) is 0 Å². The van der Waals surface area contributed by atoms with Crippen molar-refractivity contribution in [2.24, 2.45) is 17.6 Å². The Morgan fingerprint density at radius 2 is 1.92 bits per heavy atom. The molecule has 0 unspecified atom stereocenters. The quantitative estimate of drug-likeness (QED) is 0.837. The Morgan fingerprint density at radius 3 is 2.65 bits per heavy atom. The first-order valence-electron chi connectivity index (χ1n) is 9.14. The summed E-state index contributed by atoms with van der Waals surface area (Å²) in [6.07, 6.45) is 0.504. The van der Waals surface area contributed by atoms with Gasteiger partial charge in [0.1, 0.15) is 11.9 Å². The number of amides is 1. The van der Waals surface area contributed by atoms with E-state index >= 15 is 0 Å². The number of rotatable bonds is 3. The zero-order valence-electron chi connectivity index (χ0n) is 15.2. The van der Waals surface area contributed by atoms with Crippen molar-refractivity contribution >= 4 is 5.91 Å². The van der Waals surface area contributed by atoms with Crippen LogP contribution in [-0.4, -0.2) is 53.5 Å². The summed E-state index contributed by atoms with van der Waals surface area (Å²) >= 11 is 0. The first-order chi connectivity index (χ1) is 12.3. The van der Waals surface area contributed by atoms with Crippen LogP contribution < -0.4 is 19.9 Å². The molecule has 26 heavy (non-hydrogen) atoms. The number of aliphatic hydroxyl groups is 1. The fourth-order valence-electron chi connectivity index (χ4n) is 4.22. The van der Waals surface area contributed by atoms with E-state index in [0.717, 1.165) is 6.42 Å². The van der Waals surface area contributed by atoms with Crippen molar-refractivity contribution in [3.05, 3.63) is 18.2 Å². The summed E-state index contributed by atoms with van der Waals surface area (Å²) < 4.78 is 16.7. The number of ether oxygens (including phenoxy) is 3. The number of benzene rings is 1. The molecule has 3 N–H and O–H groups in total. The molecule has 0 spiro atoms. The molecule has 1 aromatic rings. The van der Waals surface area contributed by atoms with Gasteiger partial charge in [-0.15, -0.1) is 0 Å². The van der Waals surface area contributed by atoms with Crippen LogP contribution in [0.1, 0.15) is 26.7 Å². The Labute approximate surface area is 153 Å². The number of fused-ring (bicyclic) bond motifs is 2. The number of hydrogen-bond donors (Lipinski definition) is 2. The molecular weight excluding hydrogens is 336 g/mol. The summed E-state index contributed by atoms with van der Waals surface area (Å²) in [6, 6.07) is 5.44. The number of likely N-dealkylation sites (tertiary alicyclic amines) is 1. The molecule has 1 amide bonds. The van der Waals surface area contributed by atoms with Crippen LogP contribution in [-0.2, 0) is 4.79 Å².